The molecule has 1 saturated carbocycles. The van der Waals surface area contributed by atoms with Crippen LogP contribution in [-0.4, -0.2) is 16.8 Å². The second-order valence-electron chi connectivity index (χ2n) is 7.07. The normalized spacial score (nSPS) is 14.0. The van der Waals surface area contributed by atoms with Crippen molar-refractivity contribution in [3.63, 3.8) is 0 Å². The highest BCUT2D eigenvalue weighted by atomic mass is 35.5. The van der Waals surface area contributed by atoms with Gasteiger partial charge in [-0.2, -0.15) is 0 Å². The van der Waals surface area contributed by atoms with Crippen molar-refractivity contribution in [1.82, 2.24) is 4.98 Å². The molecular formula is C22H16ClF2N3O3. The lowest BCUT2D eigenvalue weighted by molar-refractivity contribution is -0.133. The highest BCUT2D eigenvalue weighted by molar-refractivity contribution is 6.29. The molecule has 31 heavy (non-hydrogen) atoms. The molecule has 158 valence electrons. The van der Waals surface area contributed by atoms with Crippen molar-refractivity contribution in [2.75, 3.05) is 4.90 Å². The Bertz CT molecular complexity index is 1170. The minimum Gasteiger partial charge on any atom is -0.454 e. The maximum Gasteiger partial charge on any atom is 0.247 e. The van der Waals surface area contributed by atoms with Gasteiger partial charge in [-0.25, -0.2) is 13.8 Å². The molecule has 0 spiro atoms. The number of benzene rings is 2. The average molecular weight is 444 g/mol. The Balaban J connectivity index is 1.76. The number of halogens is 3. The number of para-hydroxylation sites is 1. The number of hydrogen-bond donors (Lipinski definition) is 1. The third-order valence-corrected chi connectivity index (χ3v) is 5.22. The summed E-state index contributed by atoms with van der Waals surface area (Å²) in [4.78, 5) is 29.9. The summed E-state index contributed by atoms with van der Waals surface area (Å²) in [5.41, 5.74) is 3.91. The summed E-state index contributed by atoms with van der Waals surface area (Å²) in [6.45, 7) is 0. The molecule has 1 heterocycles. The van der Waals surface area contributed by atoms with Gasteiger partial charge in [0, 0.05) is 30.1 Å². The predicted octanol–water partition coefficient (Wildman–Crippen LogP) is 4.74. The second kappa shape index (κ2) is 7.96. The van der Waals surface area contributed by atoms with Crippen LogP contribution in [0, 0.1) is 17.0 Å². The highest BCUT2D eigenvalue weighted by Gasteiger charge is 2.57. The van der Waals surface area contributed by atoms with Crippen LogP contribution in [0.2, 0.25) is 5.15 Å². The smallest absolute Gasteiger partial charge is 0.247 e. The number of ether oxygens (including phenoxy) is 1. The number of anilines is 2. The Labute approximate surface area is 181 Å². The van der Waals surface area contributed by atoms with Crippen LogP contribution >= 0.6 is 11.6 Å². The van der Waals surface area contributed by atoms with E-state index >= 15 is 4.39 Å². The van der Waals surface area contributed by atoms with E-state index in [0.29, 0.717) is 0 Å². The molecule has 0 atom stereocenters. The van der Waals surface area contributed by atoms with Crippen LogP contribution in [0.3, 0.4) is 0 Å². The molecule has 6 nitrogen and oxygen atoms in total. The lowest BCUT2D eigenvalue weighted by atomic mass is 10.0. The first-order valence-electron chi connectivity index (χ1n) is 9.30. The van der Waals surface area contributed by atoms with Gasteiger partial charge < -0.3 is 10.5 Å². The molecule has 1 aliphatic rings. The fourth-order valence-electron chi connectivity index (χ4n) is 3.19. The van der Waals surface area contributed by atoms with E-state index in [1.54, 1.807) is 30.3 Å². The van der Waals surface area contributed by atoms with E-state index in [1.165, 1.54) is 18.3 Å². The summed E-state index contributed by atoms with van der Waals surface area (Å²) in [6, 6.07) is 12.5. The van der Waals surface area contributed by atoms with Crippen molar-refractivity contribution in [3.05, 3.63) is 77.6 Å². The Morgan fingerprint density at radius 1 is 1.06 bits per heavy atom. The SMILES string of the molecule is NC(=O)C1(C(=O)N(c2ccccc2)c2cc(F)c(Oc3ccnc(Cl)c3)cc2F)CC1. The fourth-order valence-corrected chi connectivity index (χ4v) is 3.35. The number of hydrogen-bond acceptors (Lipinski definition) is 4. The number of nitrogens with zero attached hydrogens (tertiary/aromatic N) is 2. The van der Waals surface area contributed by atoms with E-state index in [1.807, 2.05) is 0 Å². The van der Waals surface area contributed by atoms with Gasteiger partial charge in [0.15, 0.2) is 17.4 Å². The third-order valence-electron chi connectivity index (χ3n) is 5.02. The van der Waals surface area contributed by atoms with E-state index in [2.05, 4.69) is 4.98 Å². The molecule has 0 aliphatic heterocycles. The van der Waals surface area contributed by atoms with Crippen molar-refractivity contribution in [3.8, 4) is 11.5 Å². The van der Waals surface area contributed by atoms with E-state index in [0.717, 1.165) is 17.0 Å². The van der Waals surface area contributed by atoms with Gasteiger partial charge in [-0.1, -0.05) is 29.8 Å². The van der Waals surface area contributed by atoms with Gasteiger partial charge in [0.2, 0.25) is 11.8 Å². The average Bonchev–Trinajstić information content (AvgIpc) is 3.55. The van der Waals surface area contributed by atoms with Gasteiger partial charge in [0.05, 0.1) is 5.69 Å². The number of carbonyl (C=O) groups is 2. The molecular weight excluding hydrogens is 428 g/mol. The van der Waals surface area contributed by atoms with Crippen molar-refractivity contribution < 1.29 is 23.1 Å². The third kappa shape index (κ3) is 3.94. The number of rotatable bonds is 6. The van der Waals surface area contributed by atoms with Crippen LogP contribution in [0.1, 0.15) is 12.8 Å². The minimum atomic E-state index is -1.43. The van der Waals surface area contributed by atoms with Crippen LogP contribution < -0.4 is 15.4 Å². The summed E-state index contributed by atoms with van der Waals surface area (Å²) in [5.74, 6) is -3.59. The quantitative estimate of drug-likeness (QED) is 0.440. The summed E-state index contributed by atoms with van der Waals surface area (Å²) >= 11 is 5.78. The van der Waals surface area contributed by atoms with Gasteiger partial charge in [0.1, 0.15) is 16.3 Å². The maximum absolute atomic E-state index is 15.1. The van der Waals surface area contributed by atoms with Crippen molar-refractivity contribution in [2.45, 2.75) is 12.8 Å². The first-order chi connectivity index (χ1) is 14.8. The highest BCUT2D eigenvalue weighted by Crippen LogP contribution is 2.49. The Kier molecular flexibility index (Phi) is 5.32. The summed E-state index contributed by atoms with van der Waals surface area (Å²) in [5, 5.41) is 0.122. The minimum absolute atomic E-state index is 0.122. The van der Waals surface area contributed by atoms with Crippen LogP contribution in [0.4, 0.5) is 20.2 Å². The molecule has 2 amide bonds. The molecule has 3 aromatic rings. The first-order valence-corrected chi connectivity index (χ1v) is 9.67. The van der Waals surface area contributed by atoms with E-state index < -0.39 is 34.6 Å². The lowest BCUT2D eigenvalue weighted by Gasteiger charge is -2.27. The molecule has 1 aromatic heterocycles. The van der Waals surface area contributed by atoms with Crippen molar-refractivity contribution in [2.24, 2.45) is 11.1 Å². The Morgan fingerprint density at radius 2 is 1.77 bits per heavy atom. The molecule has 0 unspecified atom stereocenters. The van der Waals surface area contributed by atoms with Gasteiger partial charge in [-0.3, -0.25) is 14.5 Å². The van der Waals surface area contributed by atoms with Crippen LogP contribution in [-0.2, 0) is 9.59 Å². The van der Waals surface area contributed by atoms with Crippen molar-refractivity contribution in [1.29, 1.82) is 0 Å². The second-order valence-corrected chi connectivity index (χ2v) is 7.46. The molecule has 0 saturated heterocycles. The summed E-state index contributed by atoms with van der Waals surface area (Å²) in [7, 11) is 0. The summed E-state index contributed by atoms with van der Waals surface area (Å²) < 4.78 is 35.4. The first kappa shape index (κ1) is 20.7. The molecule has 4 rings (SSSR count). The Hall–Kier alpha value is -3.52. The number of primary amides is 1. The van der Waals surface area contributed by atoms with Gasteiger partial charge in [-0.05, 0) is 31.0 Å². The van der Waals surface area contributed by atoms with Crippen LogP contribution in [0.5, 0.6) is 11.5 Å². The Morgan fingerprint density at radius 3 is 2.39 bits per heavy atom. The zero-order valence-corrected chi connectivity index (χ0v) is 16.8. The fraction of sp³-hybridized carbons (Fsp3) is 0.136. The maximum atomic E-state index is 15.1. The molecule has 0 radical (unpaired) electrons. The molecule has 0 bridgehead atoms. The topological polar surface area (TPSA) is 85.5 Å². The van der Waals surface area contributed by atoms with Crippen molar-refractivity contribution >= 4 is 34.8 Å². The monoisotopic (exact) mass is 443 g/mol. The van der Waals surface area contributed by atoms with Gasteiger partial charge >= 0.3 is 0 Å². The molecule has 2 N–H and O–H groups in total. The zero-order chi connectivity index (χ0) is 22.2. The number of pyridine rings is 1. The van der Waals surface area contributed by atoms with E-state index in [-0.39, 0.29) is 35.1 Å². The zero-order valence-electron chi connectivity index (χ0n) is 16.0. The van der Waals surface area contributed by atoms with Gasteiger partial charge in [0.25, 0.3) is 0 Å². The largest absolute Gasteiger partial charge is 0.454 e. The van der Waals surface area contributed by atoms with Gasteiger partial charge in [-0.15, -0.1) is 0 Å². The van der Waals surface area contributed by atoms with E-state index in [4.69, 9.17) is 22.1 Å². The number of aromatic nitrogens is 1. The standard InChI is InChI=1S/C22H16ClF2N3O3/c23-19-10-14(6-9-27-19)31-18-12-15(24)17(11-16(18)25)28(13-4-2-1-3-5-13)21(30)22(7-8-22)20(26)29/h1-6,9-12H,7-8H2,(H2,26,29). The summed E-state index contributed by atoms with van der Waals surface area (Å²) in [6.07, 6.45) is 1.85. The molecule has 2 aromatic carbocycles. The van der Waals surface area contributed by atoms with E-state index in [9.17, 15) is 14.0 Å². The lowest BCUT2D eigenvalue weighted by Crippen LogP contribution is -2.41. The van der Waals surface area contributed by atoms with Crippen LogP contribution in [0.25, 0.3) is 0 Å². The number of nitrogens with two attached hydrogens (primary N) is 1. The molecule has 1 aliphatic carbocycles. The predicted molar refractivity (Wildman–Crippen MR) is 110 cm³/mol. The molecule has 9 heteroatoms. The molecule has 1 fully saturated rings. The number of amides is 2. The number of carbonyl (C=O) groups excluding carboxylic acids is 2. The van der Waals surface area contributed by atoms with Crippen LogP contribution in [0.15, 0.2) is 60.8 Å².